The second-order valence-electron chi connectivity index (χ2n) is 7.51. The Hall–Kier alpha value is -0.0900. The zero-order valence-electron chi connectivity index (χ0n) is 15.9. The maximum absolute atomic E-state index is 11.4. The zero-order valence-corrected chi connectivity index (χ0v) is 16.8. The van der Waals surface area contributed by atoms with Crippen molar-refractivity contribution in [1.82, 2.24) is 0 Å². The minimum atomic E-state index is -3.20. The van der Waals surface area contributed by atoms with Gasteiger partial charge in [-0.05, 0) is 19.3 Å². The van der Waals surface area contributed by atoms with Gasteiger partial charge in [0.1, 0.15) is 0 Å². The van der Waals surface area contributed by atoms with Gasteiger partial charge >= 0.3 is 0 Å². The molecule has 1 rings (SSSR count). The molecule has 1 heterocycles. The lowest BCUT2D eigenvalue weighted by Gasteiger charge is -2.21. The van der Waals surface area contributed by atoms with Gasteiger partial charge in [-0.15, -0.1) is 0 Å². The molecule has 3 nitrogen and oxygen atoms in total. The Bertz CT molecular complexity index is 378. The third-order valence-electron chi connectivity index (χ3n) is 5.08. The number of hydrogen-bond acceptors (Lipinski definition) is 3. The molecule has 0 spiro atoms. The van der Waals surface area contributed by atoms with Crippen molar-refractivity contribution in [1.29, 1.82) is 0 Å². The minimum absolute atomic E-state index is 0.0407. The summed E-state index contributed by atoms with van der Waals surface area (Å²) >= 11 is 0. The Balaban J connectivity index is 1.78. The fourth-order valence-corrected chi connectivity index (χ4v) is 4.77. The number of unbranched alkanes of at least 4 members (excludes halogenated alkanes) is 13. The first kappa shape index (κ1) is 22.0. The Morgan fingerprint density at radius 1 is 0.750 bits per heavy atom. The van der Waals surface area contributed by atoms with Crippen LogP contribution in [0.25, 0.3) is 0 Å². The predicted molar refractivity (Wildman–Crippen MR) is 103 cm³/mol. The van der Waals surface area contributed by atoms with Crippen molar-refractivity contribution in [2.45, 2.75) is 122 Å². The molecule has 0 aromatic carbocycles. The summed E-state index contributed by atoms with van der Waals surface area (Å²) in [5.74, 6) is 0.211. The molecule has 0 aromatic heterocycles. The standard InChI is InChI=1S/C20H40O3S/c1-2-3-4-5-6-7-8-9-10-11-12-13-14-15-17-20-18-16-19-24(21,22)23-20/h20H,2-19H2,1H3. The van der Waals surface area contributed by atoms with Crippen LogP contribution in [0.5, 0.6) is 0 Å². The highest BCUT2D eigenvalue weighted by Crippen LogP contribution is 2.21. The molecule has 0 aliphatic carbocycles. The van der Waals surface area contributed by atoms with Crippen LogP contribution in [0.3, 0.4) is 0 Å². The van der Waals surface area contributed by atoms with E-state index < -0.39 is 10.1 Å². The summed E-state index contributed by atoms with van der Waals surface area (Å²) in [6, 6.07) is 0. The van der Waals surface area contributed by atoms with Crippen molar-refractivity contribution in [3.8, 4) is 0 Å². The SMILES string of the molecule is CCCCCCCCCCCCCCCCC1CCCS(=O)(=O)O1. The lowest BCUT2D eigenvalue weighted by molar-refractivity contribution is 0.169. The smallest absolute Gasteiger partial charge is 0.267 e. The highest BCUT2D eigenvalue weighted by molar-refractivity contribution is 7.86. The van der Waals surface area contributed by atoms with Crippen LogP contribution in [-0.4, -0.2) is 20.3 Å². The van der Waals surface area contributed by atoms with Crippen molar-refractivity contribution in [3.63, 3.8) is 0 Å². The molecular formula is C20H40O3S. The molecular weight excluding hydrogens is 320 g/mol. The average molecular weight is 361 g/mol. The first-order chi connectivity index (χ1) is 11.6. The van der Waals surface area contributed by atoms with Crippen LogP contribution >= 0.6 is 0 Å². The maximum Gasteiger partial charge on any atom is 0.267 e. The van der Waals surface area contributed by atoms with E-state index >= 15 is 0 Å². The molecule has 0 radical (unpaired) electrons. The maximum atomic E-state index is 11.4. The molecule has 24 heavy (non-hydrogen) atoms. The van der Waals surface area contributed by atoms with Crippen molar-refractivity contribution in [2.24, 2.45) is 0 Å². The summed E-state index contributed by atoms with van der Waals surface area (Å²) < 4.78 is 27.9. The van der Waals surface area contributed by atoms with Gasteiger partial charge in [-0.3, -0.25) is 4.18 Å². The van der Waals surface area contributed by atoms with Gasteiger partial charge in [-0.2, -0.15) is 8.42 Å². The van der Waals surface area contributed by atoms with E-state index in [1.165, 1.54) is 83.5 Å². The van der Waals surface area contributed by atoms with Gasteiger partial charge in [0.05, 0.1) is 11.9 Å². The molecule has 0 N–H and O–H groups in total. The van der Waals surface area contributed by atoms with E-state index in [1.807, 2.05) is 0 Å². The summed E-state index contributed by atoms with van der Waals surface area (Å²) in [6.07, 6.45) is 21.5. The van der Waals surface area contributed by atoms with Crippen LogP contribution in [0.4, 0.5) is 0 Å². The summed E-state index contributed by atoms with van der Waals surface area (Å²) in [7, 11) is -3.20. The van der Waals surface area contributed by atoms with Crippen molar-refractivity contribution in [3.05, 3.63) is 0 Å². The van der Waals surface area contributed by atoms with Crippen molar-refractivity contribution >= 4 is 10.1 Å². The average Bonchev–Trinajstić information content (AvgIpc) is 2.54. The molecule has 0 bridgehead atoms. The second-order valence-corrected chi connectivity index (χ2v) is 9.22. The Kier molecular flexibility index (Phi) is 12.9. The monoisotopic (exact) mass is 360 g/mol. The van der Waals surface area contributed by atoms with Crippen LogP contribution in [0.1, 0.15) is 116 Å². The molecule has 144 valence electrons. The highest BCUT2D eigenvalue weighted by atomic mass is 32.2. The molecule has 1 saturated heterocycles. The Labute approximate surface area is 151 Å². The summed E-state index contributed by atoms with van der Waals surface area (Å²) in [5.41, 5.74) is 0. The van der Waals surface area contributed by atoms with Gasteiger partial charge in [0.25, 0.3) is 10.1 Å². The normalized spacial score (nSPS) is 20.3. The van der Waals surface area contributed by atoms with Crippen LogP contribution in [0.15, 0.2) is 0 Å². The molecule has 0 aromatic rings. The molecule has 1 aliphatic heterocycles. The molecule has 1 atom stereocenters. The van der Waals surface area contributed by atoms with E-state index in [-0.39, 0.29) is 11.9 Å². The van der Waals surface area contributed by atoms with Gasteiger partial charge in [0, 0.05) is 0 Å². The minimum Gasteiger partial charge on any atom is -0.267 e. The largest absolute Gasteiger partial charge is 0.267 e. The summed E-state index contributed by atoms with van der Waals surface area (Å²) in [5, 5.41) is 0. The van der Waals surface area contributed by atoms with E-state index in [9.17, 15) is 8.42 Å². The Morgan fingerprint density at radius 2 is 1.21 bits per heavy atom. The van der Waals surface area contributed by atoms with Gasteiger partial charge in [0.2, 0.25) is 0 Å². The van der Waals surface area contributed by atoms with Gasteiger partial charge in [-0.25, -0.2) is 0 Å². The summed E-state index contributed by atoms with van der Waals surface area (Å²) in [4.78, 5) is 0. The van der Waals surface area contributed by atoms with Crippen LogP contribution in [0, 0.1) is 0 Å². The van der Waals surface area contributed by atoms with Crippen LogP contribution < -0.4 is 0 Å². The van der Waals surface area contributed by atoms with E-state index in [4.69, 9.17) is 4.18 Å². The third-order valence-corrected chi connectivity index (χ3v) is 6.44. The lowest BCUT2D eigenvalue weighted by Crippen LogP contribution is -2.26. The van der Waals surface area contributed by atoms with Gasteiger partial charge in [0.15, 0.2) is 0 Å². The summed E-state index contributed by atoms with van der Waals surface area (Å²) in [6.45, 7) is 2.27. The Morgan fingerprint density at radius 3 is 1.67 bits per heavy atom. The molecule has 1 unspecified atom stereocenters. The second kappa shape index (κ2) is 14.1. The van der Waals surface area contributed by atoms with Crippen molar-refractivity contribution in [2.75, 3.05) is 5.75 Å². The topological polar surface area (TPSA) is 43.4 Å². The van der Waals surface area contributed by atoms with Crippen molar-refractivity contribution < 1.29 is 12.6 Å². The molecule has 0 amide bonds. The highest BCUT2D eigenvalue weighted by Gasteiger charge is 2.24. The van der Waals surface area contributed by atoms with E-state index in [0.29, 0.717) is 0 Å². The fraction of sp³-hybridized carbons (Fsp3) is 1.00. The number of hydrogen-bond donors (Lipinski definition) is 0. The number of rotatable bonds is 15. The first-order valence-corrected chi connectivity index (χ1v) is 12.1. The first-order valence-electron chi connectivity index (χ1n) is 10.5. The lowest BCUT2D eigenvalue weighted by atomic mass is 10.0. The molecule has 1 fully saturated rings. The van der Waals surface area contributed by atoms with E-state index in [0.717, 1.165) is 25.7 Å². The predicted octanol–water partition coefficient (Wildman–Crippen LogP) is 6.37. The van der Waals surface area contributed by atoms with Gasteiger partial charge in [-0.1, -0.05) is 96.8 Å². The van der Waals surface area contributed by atoms with Crippen LogP contribution in [-0.2, 0) is 14.3 Å². The zero-order chi connectivity index (χ0) is 17.5. The molecule has 4 heteroatoms. The third kappa shape index (κ3) is 12.3. The quantitative estimate of drug-likeness (QED) is 0.252. The molecule has 0 saturated carbocycles. The van der Waals surface area contributed by atoms with E-state index in [2.05, 4.69) is 6.92 Å². The fourth-order valence-electron chi connectivity index (χ4n) is 3.55. The van der Waals surface area contributed by atoms with Gasteiger partial charge < -0.3 is 0 Å². The molecule has 1 aliphatic rings. The van der Waals surface area contributed by atoms with E-state index in [1.54, 1.807) is 0 Å². The van der Waals surface area contributed by atoms with Crippen LogP contribution in [0.2, 0.25) is 0 Å².